The number of nitrogens with one attached hydrogen (secondary N) is 1. The van der Waals surface area contributed by atoms with Crippen molar-refractivity contribution in [1.29, 1.82) is 5.26 Å². The van der Waals surface area contributed by atoms with Crippen LogP contribution in [0.2, 0.25) is 0 Å². The monoisotopic (exact) mass is 350 g/mol. The second kappa shape index (κ2) is 8.30. The molecule has 134 valence electrons. The average molecular weight is 350 g/mol. The number of hydrogen-bond donors (Lipinski definition) is 1. The van der Waals surface area contributed by atoms with Gasteiger partial charge in [-0.2, -0.15) is 5.26 Å². The van der Waals surface area contributed by atoms with E-state index in [1.165, 1.54) is 0 Å². The number of rotatable bonds is 5. The van der Waals surface area contributed by atoms with Gasteiger partial charge in [0, 0.05) is 12.0 Å². The van der Waals surface area contributed by atoms with E-state index < -0.39 is 17.6 Å². The van der Waals surface area contributed by atoms with Crippen molar-refractivity contribution in [1.82, 2.24) is 5.32 Å². The SMILES string of the molecule is CC(C)(C)OC(=O)[C@H](Cc1ccc(C#N)cc1)NC(=O)c1ccccc1. The van der Waals surface area contributed by atoms with E-state index in [2.05, 4.69) is 11.4 Å². The highest BCUT2D eigenvalue weighted by Crippen LogP contribution is 2.13. The molecule has 2 aromatic rings. The molecule has 1 amide bonds. The van der Waals surface area contributed by atoms with E-state index in [-0.39, 0.29) is 12.3 Å². The highest BCUT2D eigenvalue weighted by molar-refractivity contribution is 5.96. The fourth-order valence-corrected chi connectivity index (χ4v) is 2.35. The summed E-state index contributed by atoms with van der Waals surface area (Å²) < 4.78 is 5.45. The maximum atomic E-state index is 12.6. The second-order valence-electron chi connectivity index (χ2n) is 6.94. The Balaban J connectivity index is 2.19. The van der Waals surface area contributed by atoms with Crippen LogP contribution in [0.15, 0.2) is 54.6 Å². The van der Waals surface area contributed by atoms with E-state index in [9.17, 15) is 9.59 Å². The number of hydrogen-bond acceptors (Lipinski definition) is 4. The summed E-state index contributed by atoms with van der Waals surface area (Å²) >= 11 is 0. The van der Waals surface area contributed by atoms with Gasteiger partial charge in [-0.1, -0.05) is 30.3 Å². The first-order chi connectivity index (χ1) is 12.3. The lowest BCUT2D eigenvalue weighted by Crippen LogP contribution is -2.45. The Labute approximate surface area is 153 Å². The van der Waals surface area contributed by atoms with E-state index in [4.69, 9.17) is 10.00 Å². The van der Waals surface area contributed by atoms with Crippen LogP contribution in [0, 0.1) is 11.3 Å². The van der Waals surface area contributed by atoms with Crippen molar-refractivity contribution in [3.05, 3.63) is 71.3 Å². The number of esters is 1. The van der Waals surface area contributed by atoms with Gasteiger partial charge in [0.25, 0.3) is 5.91 Å². The van der Waals surface area contributed by atoms with Crippen LogP contribution < -0.4 is 5.32 Å². The zero-order valence-corrected chi connectivity index (χ0v) is 15.2. The van der Waals surface area contributed by atoms with Gasteiger partial charge in [0.15, 0.2) is 0 Å². The van der Waals surface area contributed by atoms with Crippen LogP contribution in [0.4, 0.5) is 0 Å². The molecule has 0 spiro atoms. The molecule has 2 rings (SSSR count). The fourth-order valence-electron chi connectivity index (χ4n) is 2.35. The summed E-state index contributed by atoms with van der Waals surface area (Å²) in [5.74, 6) is -0.832. The summed E-state index contributed by atoms with van der Waals surface area (Å²) in [5, 5.41) is 11.6. The quantitative estimate of drug-likeness (QED) is 0.840. The van der Waals surface area contributed by atoms with Crippen LogP contribution in [0.5, 0.6) is 0 Å². The number of amides is 1. The Morgan fingerprint density at radius 2 is 1.69 bits per heavy atom. The molecule has 5 heteroatoms. The van der Waals surface area contributed by atoms with Crippen molar-refractivity contribution in [2.75, 3.05) is 0 Å². The van der Waals surface area contributed by atoms with E-state index in [1.54, 1.807) is 69.3 Å². The van der Waals surface area contributed by atoms with Gasteiger partial charge in [-0.3, -0.25) is 4.79 Å². The first kappa shape index (κ1) is 19.2. The molecule has 0 unspecified atom stereocenters. The molecule has 5 nitrogen and oxygen atoms in total. The number of ether oxygens (including phenoxy) is 1. The van der Waals surface area contributed by atoms with Crippen LogP contribution in [0.25, 0.3) is 0 Å². The first-order valence-electron chi connectivity index (χ1n) is 8.36. The lowest BCUT2D eigenvalue weighted by atomic mass is 10.0. The lowest BCUT2D eigenvalue weighted by Gasteiger charge is -2.24. The van der Waals surface area contributed by atoms with Gasteiger partial charge in [-0.05, 0) is 50.6 Å². The summed E-state index contributed by atoms with van der Waals surface area (Å²) in [6, 6.07) is 16.8. The van der Waals surface area contributed by atoms with Gasteiger partial charge in [-0.25, -0.2) is 4.79 Å². The lowest BCUT2D eigenvalue weighted by molar-refractivity contribution is -0.157. The minimum Gasteiger partial charge on any atom is -0.458 e. The average Bonchev–Trinajstić information content (AvgIpc) is 2.61. The van der Waals surface area contributed by atoms with Gasteiger partial charge >= 0.3 is 5.97 Å². The number of nitriles is 1. The first-order valence-corrected chi connectivity index (χ1v) is 8.36. The predicted octanol–water partition coefficient (Wildman–Crippen LogP) is 3.24. The Morgan fingerprint density at radius 3 is 2.23 bits per heavy atom. The van der Waals surface area contributed by atoms with E-state index in [0.29, 0.717) is 11.1 Å². The minimum absolute atomic E-state index is 0.277. The molecule has 0 saturated heterocycles. The smallest absolute Gasteiger partial charge is 0.329 e. The molecular weight excluding hydrogens is 328 g/mol. The third kappa shape index (κ3) is 5.75. The Bertz CT molecular complexity index is 800. The molecule has 0 saturated carbocycles. The summed E-state index contributed by atoms with van der Waals surface area (Å²) in [5.41, 5.74) is 1.18. The predicted molar refractivity (Wildman–Crippen MR) is 98.4 cm³/mol. The van der Waals surface area contributed by atoms with Gasteiger partial charge in [0.1, 0.15) is 11.6 Å². The third-order valence-corrected chi connectivity index (χ3v) is 3.56. The van der Waals surface area contributed by atoms with Gasteiger partial charge in [0.05, 0.1) is 11.6 Å². The van der Waals surface area contributed by atoms with Crippen molar-refractivity contribution in [2.24, 2.45) is 0 Å². The van der Waals surface area contributed by atoms with Crippen molar-refractivity contribution in [2.45, 2.75) is 38.8 Å². The minimum atomic E-state index is -0.824. The topological polar surface area (TPSA) is 79.2 Å². The van der Waals surface area contributed by atoms with Crippen molar-refractivity contribution in [3.63, 3.8) is 0 Å². The highest BCUT2D eigenvalue weighted by atomic mass is 16.6. The zero-order chi connectivity index (χ0) is 19.2. The van der Waals surface area contributed by atoms with Crippen LogP contribution in [-0.4, -0.2) is 23.5 Å². The van der Waals surface area contributed by atoms with Gasteiger partial charge in [0.2, 0.25) is 0 Å². The molecule has 0 radical (unpaired) electrons. The van der Waals surface area contributed by atoms with Gasteiger partial charge in [-0.15, -0.1) is 0 Å². The van der Waals surface area contributed by atoms with Gasteiger partial charge < -0.3 is 10.1 Å². The van der Waals surface area contributed by atoms with Crippen molar-refractivity contribution in [3.8, 4) is 6.07 Å². The molecule has 1 N–H and O–H groups in total. The van der Waals surface area contributed by atoms with Crippen LogP contribution in [0.3, 0.4) is 0 Å². The highest BCUT2D eigenvalue weighted by Gasteiger charge is 2.27. The zero-order valence-electron chi connectivity index (χ0n) is 15.2. The molecular formula is C21H22N2O3. The normalized spacial score (nSPS) is 11.9. The van der Waals surface area contributed by atoms with E-state index >= 15 is 0 Å². The van der Waals surface area contributed by atoms with Crippen molar-refractivity contribution < 1.29 is 14.3 Å². The summed E-state index contributed by atoms with van der Waals surface area (Å²) in [7, 11) is 0. The standard InChI is InChI=1S/C21H22N2O3/c1-21(2,3)26-20(25)18(13-15-9-11-16(14-22)12-10-15)23-19(24)17-7-5-4-6-8-17/h4-12,18H,13H2,1-3H3,(H,23,24)/t18-/m0/s1. The Morgan fingerprint density at radius 1 is 1.08 bits per heavy atom. The molecule has 0 aromatic heterocycles. The molecule has 2 aromatic carbocycles. The Hall–Kier alpha value is -3.13. The summed E-state index contributed by atoms with van der Waals surface area (Å²) in [6.45, 7) is 5.34. The van der Waals surface area contributed by atoms with Crippen LogP contribution in [-0.2, 0) is 16.0 Å². The number of benzene rings is 2. The molecule has 26 heavy (non-hydrogen) atoms. The number of carbonyl (C=O) groups excluding carboxylic acids is 2. The second-order valence-corrected chi connectivity index (χ2v) is 6.94. The molecule has 0 aliphatic rings. The maximum Gasteiger partial charge on any atom is 0.329 e. The maximum absolute atomic E-state index is 12.6. The largest absolute Gasteiger partial charge is 0.458 e. The number of nitrogens with zero attached hydrogens (tertiary/aromatic N) is 1. The molecule has 0 heterocycles. The van der Waals surface area contributed by atoms with Crippen LogP contribution in [0.1, 0.15) is 42.3 Å². The number of carbonyl (C=O) groups is 2. The molecule has 0 aliphatic heterocycles. The molecule has 0 fully saturated rings. The Kier molecular flexibility index (Phi) is 6.13. The summed E-state index contributed by atoms with van der Waals surface area (Å²) in [4.78, 5) is 25.0. The third-order valence-electron chi connectivity index (χ3n) is 3.56. The molecule has 1 atom stereocenters. The van der Waals surface area contributed by atoms with E-state index in [1.807, 2.05) is 6.07 Å². The summed E-state index contributed by atoms with van der Waals surface area (Å²) in [6.07, 6.45) is 0.277. The fraction of sp³-hybridized carbons (Fsp3) is 0.286. The van der Waals surface area contributed by atoms with E-state index in [0.717, 1.165) is 5.56 Å². The van der Waals surface area contributed by atoms with Crippen molar-refractivity contribution >= 4 is 11.9 Å². The molecule has 0 bridgehead atoms. The van der Waals surface area contributed by atoms with Crippen LogP contribution >= 0.6 is 0 Å². The molecule has 0 aliphatic carbocycles.